The summed E-state index contributed by atoms with van der Waals surface area (Å²) >= 11 is 0. The predicted molar refractivity (Wildman–Crippen MR) is 98.7 cm³/mol. The molecule has 0 spiro atoms. The number of nitrogens with zero attached hydrogens (tertiary/aromatic N) is 4. The van der Waals surface area contributed by atoms with E-state index < -0.39 is 0 Å². The fourth-order valence-electron chi connectivity index (χ4n) is 3.28. The molecule has 0 saturated carbocycles. The quantitative estimate of drug-likeness (QED) is 0.858. The molecule has 7 heteroatoms. The lowest BCUT2D eigenvalue weighted by Crippen LogP contribution is -2.45. The summed E-state index contributed by atoms with van der Waals surface area (Å²) in [5, 5.41) is 19.5. The zero-order valence-electron chi connectivity index (χ0n) is 15.2. The molecule has 0 unspecified atom stereocenters. The zero-order chi connectivity index (χ0) is 18.5. The zero-order valence-corrected chi connectivity index (χ0v) is 15.2. The summed E-state index contributed by atoms with van der Waals surface area (Å²) in [5.41, 5.74) is 3.75. The van der Waals surface area contributed by atoms with Gasteiger partial charge in [0.05, 0.1) is 11.3 Å². The van der Waals surface area contributed by atoms with Crippen LogP contribution in [0, 0.1) is 25.2 Å². The molecule has 2 aromatic heterocycles. The van der Waals surface area contributed by atoms with Crippen LogP contribution in [0.1, 0.15) is 41.8 Å². The first-order valence-corrected chi connectivity index (χ1v) is 8.98. The number of nitriles is 1. The normalized spacial score (nSPS) is 14.9. The van der Waals surface area contributed by atoms with Gasteiger partial charge in [0.25, 0.3) is 0 Å². The lowest BCUT2D eigenvalue weighted by molar-refractivity contribution is -0.121. The minimum absolute atomic E-state index is 0.0686. The van der Waals surface area contributed by atoms with Crippen LogP contribution in [0.2, 0.25) is 0 Å². The highest BCUT2D eigenvalue weighted by molar-refractivity contribution is 5.76. The van der Waals surface area contributed by atoms with Gasteiger partial charge in [-0.05, 0) is 44.4 Å². The largest absolute Gasteiger partial charge is 0.355 e. The molecule has 1 fully saturated rings. The van der Waals surface area contributed by atoms with E-state index in [-0.39, 0.29) is 11.9 Å². The van der Waals surface area contributed by atoms with Gasteiger partial charge in [0.2, 0.25) is 5.91 Å². The van der Waals surface area contributed by atoms with E-state index in [0.29, 0.717) is 18.4 Å². The summed E-state index contributed by atoms with van der Waals surface area (Å²) in [5.74, 6) is 0.809. The Labute approximate surface area is 153 Å². The number of H-pyrrole nitrogens is 1. The van der Waals surface area contributed by atoms with Crippen LogP contribution in [-0.4, -0.2) is 40.2 Å². The van der Waals surface area contributed by atoms with Crippen molar-refractivity contribution < 1.29 is 4.79 Å². The number of piperidine rings is 1. The summed E-state index contributed by atoms with van der Waals surface area (Å²) in [6.45, 7) is 5.58. The molecular weight excluding hydrogens is 328 g/mol. The standard InChI is InChI=1S/C19H24N6O/c1-13-14(2)23-24-17(13)5-6-18(26)22-16-7-10-25(11-8-16)19-15(12-20)4-3-9-21-19/h3-4,9,16H,5-8,10-11H2,1-2H3,(H,22,26)(H,23,24). The second-order valence-corrected chi connectivity index (χ2v) is 6.74. The monoisotopic (exact) mass is 352 g/mol. The van der Waals surface area contributed by atoms with Crippen LogP contribution in [0.5, 0.6) is 0 Å². The minimum atomic E-state index is 0.0686. The van der Waals surface area contributed by atoms with Crippen LogP contribution in [0.15, 0.2) is 18.3 Å². The third kappa shape index (κ3) is 4.02. The Kier molecular flexibility index (Phi) is 5.52. The second-order valence-electron chi connectivity index (χ2n) is 6.74. The van der Waals surface area contributed by atoms with Crippen molar-refractivity contribution >= 4 is 11.7 Å². The molecule has 0 bridgehead atoms. The average Bonchev–Trinajstić information content (AvgIpc) is 2.99. The molecule has 3 rings (SSSR count). The van der Waals surface area contributed by atoms with Gasteiger partial charge in [-0.1, -0.05) is 0 Å². The van der Waals surface area contributed by atoms with Crippen molar-refractivity contribution in [2.24, 2.45) is 0 Å². The maximum Gasteiger partial charge on any atom is 0.220 e. The summed E-state index contributed by atoms with van der Waals surface area (Å²) in [6.07, 6.45) is 4.52. The number of carbonyl (C=O) groups is 1. The lowest BCUT2D eigenvalue weighted by atomic mass is 10.0. The van der Waals surface area contributed by atoms with Crippen LogP contribution < -0.4 is 10.2 Å². The number of hydrogen-bond acceptors (Lipinski definition) is 5. The highest BCUT2D eigenvalue weighted by Gasteiger charge is 2.23. The van der Waals surface area contributed by atoms with Crippen molar-refractivity contribution in [2.75, 3.05) is 18.0 Å². The molecule has 1 amide bonds. The lowest BCUT2D eigenvalue weighted by Gasteiger charge is -2.33. The number of nitrogens with one attached hydrogen (secondary N) is 2. The fraction of sp³-hybridized carbons (Fsp3) is 0.474. The van der Waals surface area contributed by atoms with Crippen molar-refractivity contribution in [1.82, 2.24) is 20.5 Å². The van der Waals surface area contributed by atoms with Crippen molar-refractivity contribution in [3.63, 3.8) is 0 Å². The molecule has 1 aliphatic rings. The highest BCUT2D eigenvalue weighted by Crippen LogP contribution is 2.21. The van der Waals surface area contributed by atoms with E-state index in [9.17, 15) is 10.1 Å². The van der Waals surface area contributed by atoms with Gasteiger partial charge in [0.15, 0.2) is 0 Å². The van der Waals surface area contributed by atoms with Crippen LogP contribution in [0.4, 0.5) is 5.82 Å². The first kappa shape index (κ1) is 17.9. The molecule has 136 valence electrons. The third-order valence-corrected chi connectivity index (χ3v) is 5.01. The van der Waals surface area contributed by atoms with Crippen molar-refractivity contribution in [2.45, 2.75) is 45.6 Å². The molecule has 3 heterocycles. The molecule has 0 aliphatic carbocycles. The Morgan fingerprint density at radius 3 is 2.85 bits per heavy atom. The minimum Gasteiger partial charge on any atom is -0.355 e. The van der Waals surface area contributed by atoms with Crippen LogP contribution in [-0.2, 0) is 11.2 Å². The van der Waals surface area contributed by atoms with Gasteiger partial charge < -0.3 is 10.2 Å². The summed E-state index contributed by atoms with van der Waals surface area (Å²) in [7, 11) is 0. The number of aryl methyl sites for hydroxylation is 2. The number of rotatable bonds is 5. The van der Waals surface area contributed by atoms with Crippen LogP contribution in [0.3, 0.4) is 0 Å². The number of carbonyl (C=O) groups excluding carboxylic acids is 1. The van der Waals surface area contributed by atoms with Crippen molar-refractivity contribution in [3.05, 3.63) is 40.8 Å². The molecule has 1 saturated heterocycles. The number of anilines is 1. The van der Waals surface area contributed by atoms with E-state index in [1.807, 2.05) is 13.8 Å². The number of amides is 1. The molecule has 2 aromatic rings. The smallest absolute Gasteiger partial charge is 0.220 e. The Morgan fingerprint density at radius 2 is 2.19 bits per heavy atom. The fourth-order valence-corrected chi connectivity index (χ4v) is 3.28. The van der Waals surface area contributed by atoms with E-state index in [1.165, 1.54) is 0 Å². The Morgan fingerprint density at radius 1 is 1.42 bits per heavy atom. The average molecular weight is 352 g/mol. The van der Waals surface area contributed by atoms with Crippen molar-refractivity contribution in [3.8, 4) is 6.07 Å². The molecule has 1 aliphatic heterocycles. The predicted octanol–water partition coefficient (Wildman–Crippen LogP) is 2.01. The van der Waals surface area contributed by atoms with Crippen LogP contribution >= 0.6 is 0 Å². The van der Waals surface area contributed by atoms with E-state index in [4.69, 9.17) is 0 Å². The summed E-state index contributed by atoms with van der Waals surface area (Å²) < 4.78 is 0. The molecule has 26 heavy (non-hydrogen) atoms. The SMILES string of the molecule is Cc1[nH]nc(CCC(=O)NC2CCN(c3ncccc3C#N)CC2)c1C. The summed E-state index contributed by atoms with van der Waals surface area (Å²) in [6, 6.07) is 5.93. The number of hydrogen-bond donors (Lipinski definition) is 2. The molecule has 0 radical (unpaired) electrons. The van der Waals surface area contributed by atoms with Gasteiger partial charge in [0.1, 0.15) is 11.9 Å². The molecule has 0 atom stereocenters. The first-order chi connectivity index (χ1) is 12.6. The van der Waals surface area contributed by atoms with Gasteiger partial charge in [-0.25, -0.2) is 4.98 Å². The van der Waals surface area contributed by atoms with Gasteiger partial charge >= 0.3 is 0 Å². The molecule has 2 N–H and O–H groups in total. The molecule has 7 nitrogen and oxygen atoms in total. The Balaban J connectivity index is 1.47. The van der Waals surface area contributed by atoms with E-state index in [0.717, 1.165) is 48.7 Å². The second kappa shape index (κ2) is 8.00. The van der Waals surface area contributed by atoms with Gasteiger partial charge in [-0.2, -0.15) is 10.4 Å². The Bertz CT molecular complexity index is 814. The van der Waals surface area contributed by atoms with E-state index in [1.54, 1.807) is 18.3 Å². The first-order valence-electron chi connectivity index (χ1n) is 8.98. The van der Waals surface area contributed by atoms with Crippen molar-refractivity contribution in [1.29, 1.82) is 5.26 Å². The molecule has 0 aromatic carbocycles. The van der Waals surface area contributed by atoms with Gasteiger partial charge in [0, 0.05) is 43.9 Å². The summed E-state index contributed by atoms with van der Waals surface area (Å²) in [4.78, 5) is 18.7. The topological polar surface area (TPSA) is 97.7 Å². The van der Waals surface area contributed by atoms with Crippen LogP contribution in [0.25, 0.3) is 0 Å². The molecular formula is C19H24N6O. The van der Waals surface area contributed by atoms with E-state index >= 15 is 0 Å². The van der Waals surface area contributed by atoms with E-state index in [2.05, 4.69) is 31.5 Å². The maximum atomic E-state index is 12.2. The number of aromatic nitrogens is 3. The van der Waals surface area contributed by atoms with Gasteiger partial charge in [-0.3, -0.25) is 9.89 Å². The third-order valence-electron chi connectivity index (χ3n) is 5.01. The number of aromatic amines is 1. The maximum absolute atomic E-state index is 12.2. The number of pyridine rings is 1. The van der Waals surface area contributed by atoms with Gasteiger partial charge in [-0.15, -0.1) is 0 Å². The highest BCUT2D eigenvalue weighted by atomic mass is 16.1. The Hall–Kier alpha value is -2.88.